The lowest BCUT2D eigenvalue weighted by atomic mass is 9.99. The molecule has 3 rings (SSSR count). The Hall–Kier alpha value is -2.00. The average molecular weight is 394 g/mol. The summed E-state index contributed by atoms with van der Waals surface area (Å²) in [6, 6.07) is 4.82. The van der Waals surface area contributed by atoms with Crippen molar-refractivity contribution in [2.24, 2.45) is 5.92 Å². The Bertz CT molecular complexity index is 914. The molecule has 1 aliphatic heterocycles. The second-order valence-electron chi connectivity index (χ2n) is 7.42. The fourth-order valence-corrected chi connectivity index (χ4v) is 4.21. The summed E-state index contributed by atoms with van der Waals surface area (Å²) in [5.74, 6) is 0.905. The Morgan fingerprint density at radius 3 is 2.63 bits per heavy atom. The highest BCUT2D eigenvalue weighted by Crippen LogP contribution is 2.20. The fraction of sp³-hybridized carbons (Fsp3) is 0.611. The summed E-state index contributed by atoms with van der Waals surface area (Å²) < 4.78 is 27.4. The van der Waals surface area contributed by atoms with Gasteiger partial charge in [-0.3, -0.25) is 4.79 Å². The van der Waals surface area contributed by atoms with Crippen LogP contribution in [0.5, 0.6) is 0 Å². The van der Waals surface area contributed by atoms with Crippen molar-refractivity contribution in [2.75, 3.05) is 27.2 Å². The molecular weight excluding hydrogens is 366 g/mol. The molecule has 0 bridgehead atoms. The number of fused-ring (bicyclic) bond motifs is 1. The third-order valence-electron chi connectivity index (χ3n) is 5.16. The molecule has 27 heavy (non-hydrogen) atoms. The van der Waals surface area contributed by atoms with E-state index in [0.717, 1.165) is 31.4 Å². The van der Waals surface area contributed by atoms with Gasteiger partial charge < -0.3 is 4.90 Å². The van der Waals surface area contributed by atoms with Crippen molar-refractivity contribution in [3.8, 4) is 0 Å². The molecule has 148 valence electrons. The Morgan fingerprint density at radius 2 is 1.96 bits per heavy atom. The van der Waals surface area contributed by atoms with Gasteiger partial charge in [0.1, 0.15) is 5.52 Å². The highest BCUT2D eigenvalue weighted by molar-refractivity contribution is 7.89. The molecule has 0 saturated carbocycles. The number of hydrogen-bond acceptors (Lipinski definition) is 5. The molecule has 1 saturated heterocycles. The molecule has 9 heteroatoms. The van der Waals surface area contributed by atoms with E-state index < -0.39 is 10.0 Å². The first-order valence-corrected chi connectivity index (χ1v) is 10.8. The average Bonchev–Trinajstić information content (AvgIpc) is 3.04. The molecule has 2 heterocycles. The Balaban J connectivity index is 1.62. The third kappa shape index (κ3) is 4.30. The summed E-state index contributed by atoms with van der Waals surface area (Å²) in [7, 11) is -0.505. The third-order valence-corrected chi connectivity index (χ3v) is 6.97. The van der Waals surface area contributed by atoms with Crippen molar-refractivity contribution < 1.29 is 13.2 Å². The van der Waals surface area contributed by atoms with Crippen LogP contribution in [0.15, 0.2) is 23.1 Å². The van der Waals surface area contributed by atoms with Gasteiger partial charge in [-0.1, -0.05) is 12.1 Å². The summed E-state index contributed by atoms with van der Waals surface area (Å²) in [5.41, 5.74) is 1.31. The normalized spacial score (nSPS) is 16.4. The number of amides is 1. The standard InChI is InChI=1S/C18H27N5O3S/c1-14-8-11-22(12-9-14)18(24)5-4-10-23-17-7-6-15(13-16(17)19-20-23)27(25,26)21(2)3/h6-7,13-14H,4-5,8-12H2,1-3H3. The number of aryl methyl sites for hydroxylation is 1. The van der Waals surface area contributed by atoms with E-state index in [-0.39, 0.29) is 10.8 Å². The summed E-state index contributed by atoms with van der Waals surface area (Å²) in [5, 5.41) is 8.20. The van der Waals surface area contributed by atoms with Gasteiger partial charge in [-0.2, -0.15) is 0 Å². The second-order valence-corrected chi connectivity index (χ2v) is 9.57. The molecule has 0 spiro atoms. The molecule has 0 radical (unpaired) electrons. The first kappa shape index (κ1) is 19.8. The van der Waals surface area contributed by atoms with E-state index in [2.05, 4.69) is 17.2 Å². The van der Waals surface area contributed by atoms with Gasteiger partial charge in [-0.05, 0) is 43.4 Å². The van der Waals surface area contributed by atoms with Crippen LogP contribution in [0.4, 0.5) is 0 Å². The van der Waals surface area contributed by atoms with E-state index in [9.17, 15) is 13.2 Å². The number of likely N-dealkylation sites (tertiary alicyclic amines) is 1. The maximum absolute atomic E-state index is 12.3. The minimum Gasteiger partial charge on any atom is -0.343 e. The van der Waals surface area contributed by atoms with E-state index in [1.807, 2.05) is 4.90 Å². The molecule has 8 nitrogen and oxygen atoms in total. The number of aromatic nitrogens is 3. The van der Waals surface area contributed by atoms with Crippen LogP contribution in [0.1, 0.15) is 32.6 Å². The Morgan fingerprint density at radius 1 is 1.26 bits per heavy atom. The highest BCUT2D eigenvalue weighted by Gasteiger charge is 2.21. The Labute approximate surface area is 160 Å². The van der Waals surface area contributed by atoms with Gasteiger partial charge >= 0.3 is 0 Å². The Kier molecular flexibility index (Phi) is 5.81. The number of nitrogens with zero attached hydrogens (tertiary/aromatic N) is 5. The molecular formula is C18H27N5O3S. The van der Waals surface area contributed by atoms with Crippen molar-refractivity contribution in [3.05, 3.63) is 18.2 Å². The zero-order chi connectivity index (χ0) is 19.6. The van der Waals surface area contributed by atoms with Crippen molar-refractivity contribution in [1.29, 1.82) is 0 Å². The highest BCUT2D eigenvalue weighted by atomic mass is 32.2. The van der Waals surface area contributed by atoms with E-state index in [0.29, 0.717) is 30.8 Å². The van der Waals surface area contributed by atoms with E-state index in [1.165, 1.54) is 24.5 Å². The number of carbonyl (C=O) groups excluding carboxylic acids is 1. The van der Waals surface area contributed by atoms with Crippen molar-refractivity contribution in [1.82, 2.24) is 24.2 Å². The topological polar surface area (TPSA) is 88.4 Å². The lowest BCUT2D eigenvalue weighted by Gasteiger charge is -2.30. The lowest BCUT2D eigenvalue weighted by Crippen LogP contribution is -2.37. The zero-order valence-corrected chi connectivity index (χ0v) is 16.9. The largest absolute Gasteiger partial charge is 0.343 e. The molecule has 1 amide bonds. The fourth-order valence-electron chi connectivity index (χ4n) is 3.28. The van der Waals surface area contributed by atoms with Crippen LogP contribution in [-0.2, 0) is 21.4 Å². The monoisotopic (exact) mass is 393 g/mol. The first-order chi connectivity index (χ1) is 12.8. The van der Waals surface area contributed by atoms with Crippen LogP contribution in [-0.4, -0.2) is 65.7 Å². The molecule has 0 atom stereocenters. The van der Waals surface area contributed by atoms with E-state index in [4.69, 9.17) is 0 Å². The number of piperidine rings is 1. The van der Waals surface area contributed by atoms with Gasteiger partial charge in [0.15, 0.2) is 0 Å². The van der Waals surface area contributed by atoms with Gasteiger partial charge in [-0.15, -0.1) is 5.10 Å². The van der Waals surface area contributed by atoms with E-state index in [1.54, 1.807) is 16.8 Å². The van der Waals surface area contributed by atoms with Crippen molar-refractivity contribution in [3.63, 3.8) is 0 Å². The first-order valence-electron chi connectivity index (χ1n) is 9.32. The predicted molar refractivity (Wildman–Crippen MR) is 103 cm³/mol. The number of benzene rings is 1. The summed E-state index contributed by atoms with van der Waals surface area (Å²) in [6.07, 6.45) is 3.33. The summed E-state index contributed by atoms with van der Waals surface area (Å²) in [6.45, 7) is 4.52. The van der Waals surface area contributed by atoms with Crippen LogP contribution in [0.25, 0.3) is 11.0 Å². The molecule has 0 N–H and O–H groups in total. The maximum Gasteiger partial charge on any atom is 0.242 e. The van der Waals surface area contributed by atoms with Crippen LogP contribution >= 0.6 is 0 Å². The minimum absolute atomic E-state index is 0.196. The van der Waals surface area contributed by atoms with E-state index >= 15 is 0 Å². The number of carbonyl (C=O) groups is 1. The second kappa shape index (κ2) is 7.93. The molecule has 0 unspecified atom stereocenters. The SMILES string of the molecule is CC1CCN(C(=O)CCCn2nnc3cc(S(=O)(=O)N(C)C)ccc32)CC1. The van der Waals surface area contributed by atoms with Gasteiger partial charge in [0.05, 0.1) is 10.4 Å². The van der Waals surface area contributed by atoms with Crippen LogP contribution in [0.3, 0.4) is 0 Å². The predicted octanol–water partition coefficient (Wildman–Crippen LogP) is 1.72. The summed E-state index contributed by atoms with van der Waals surface area (Å²) in [4.78, 5) is 14.5. The van der Waals surface area contributed by atoms with Crippen LogP contribution in [0, 0.1) is 5.92 Å². The maximum atomic E-state index is 12.3. The van der Waals surface area contributed by atoms with Gasteiger partial charge in [0.2, 0.25) is 15.9 Å². The minimum atomic E-state index is -3.50. The number of hydrogen-bond donors (Lipinski definition) is 0. The number of sulfonamides is 1. The molecule has 1 aliphatic rings. The van der Waals surface area contributed by atoms with Crippen molar-refractivity contribution in [2.45, 2.75) is 44.0 Å². The molecule has 1 aromatic heterocycles. The van der Waals surface area contributed by atoms with Gasteiger partial charge in [0.25, 0.3) is 0 Å². The van der Waals surface area contributed by atoms with Crippen LogP contribution in [0.2, 0.25) is 0 Å². The quantitative estimate of drug-likeness (QED) is 0.746. The number of rotatable bonds is 6. The molecule has 1 fully saturated rings. The molecule has 1 aromatic carbocycles. The van der Waals surface area contributed by atoms with Crippen LogP contribution < -0.4 is 0 Å². The van der Waals surface area contributed by atoms with Gasteiger partial charge in [-0.25, -0.2) is 17.4 Å². The van der Waals surface area contributed by atoms with Crippen molar-refractivity contribution >= 4 is 27.0 Å². The summed E-state index contributed by atoms with van der Waals surface area (Å²) >= 11 is 0. The zero-order valence-electron chi connectivity index (χ0n) is 16.1. The lowest BCUT2D eigenvalue weighted by molar-refractivity contribution is -0.132. The molecule has 0 aliphatic carbocycles. The van der Waals surface area contributed by atoms with Gasteiger partial charge in [0, 0.05) is 40.2 Å². The molecule has 2 aromatic rings. The smallest absolute Gasteiger partial charge is 0.242 e.